The fourth-order valence-corrected chi connectivity index (χ4v) is 3.17. The van der Waals surface area contributed by atoms with Gasteiger partial charge >= 0.3 is 0 Å². The molecule has 0 spiro atoms. The summed E-state index contributed by atoms with van der Waals surface area (Å²) in [6.07, 6.45) is 10.2. The molecule has 1 aromatic carbocycles. The lowest BCUT2D eigenvalue weighted by Crippen LogP contribution is -2.37. The van der Waals surface area contributed by atoms with Crippen LogP contribution >= 0.6 is 0 Å². The van der Waals surface area contributed by atoms with Crippen molar-refractivity contribution in [2.75, 3.05) is 27.4 Å². The first kappa shape index (κ1) is 24.9. The minimum absolute atomic E-state index is 0.291. The molecule has 0 atom stereocenters. The number of hydroxylamine groups is 1. The van der Waals surface area contributed by atoms with Gasteiger partial charge < -0.3 is 14.2 Å². The Balaban J connectivity index is 1.95. The summed E-state index contributed by atoms with van der Waals surface area (Å²) in [5.41, 5.74) is 2.29. The lowest BCUT2D eigenvalue weighted by atomic mass is 10.1. The zero-order valence-corrected chi connectivity index (χ0v) is 18.5. The molecule has 32 heavy (non-hydrogen) atoms. The van der Waals surface area contributed by atoms with Crippen molar-refractivity contribution in [1.82, 2.24) is 10.4 Å². The summed E-state index contributed by atoms with van der Waals surface area (Å²) >= 11 is 0. The van der Waals surface area contributed by atoms with Crippen molar-refractivity contribution < 1.29 is 33.8 Å². The molecule has 1 aliphatic heterocycles. The summed E-state index contributed by atoms with van der Waals surface area (Å²) in [4.78, 5) is 36.3. The normalized spacial score (nSPS) is 13.3. The summed E-state index contributed by atoms with van der Waals surface area (Å²) < 4.78 is 16.7. The molecule has 0 aromatic heterocycles. The molecule has 0 bridgehead atoms. The smallest absolute Gasteiger partial charge is 0.253 e. The highest BCUT2D eigenvalue weighted by Gasteiger charge is 2.19. The molecule has 2 N–H and O–H groups in total. The molecule has 3 amide bonds. The standard InChI is InChI=1S/C23H30N2O7/c1-30-18-15-17(11-12-22(28)25-13-7-6-10-21(25)27)16-19(31-2)23(18)32-14-8-4-3-5-9-20(26)24-29/h6,10-12,15-16,29H,3-5,7-9,13-14H2,1-2H3,(H,24,26)/b12-11+. The first-order valence-electron chi connectivity index (χ1n) is 10.5. The molecule has 0 aliphatic carbocycles. The van der Waals surface area contributed by atoms with Crippen LogP contribution < -0.4 is 19.7 Å². The molecule has 0 radical (unpaired) electrons. The van der Waals surface area contributed by atoms with Gasteiger partial charge in [-0.05, 0) is 49.1 Å². The van der Waals surface area contributed by atoms with Gasteiger partial charge in [0.25, 0.3) is 11.8 Å². The SMILES string of the molecule is COc1cc(/C=C/C(=O)N2CCC=CC2=O)cc(OC)c1OCCCCCCC(=O)NO. The Morgan fingerprint density at radius 1 is 1.12 bits per heavy atom. The van der Waals surface area contributed by atoms with Gasteiger partial charge in [0.15, 0.2) is 11.5 Å². The Morgan fingerprint density at radius 2 is 1.81 bits per heavy atom. The minimum atomic E-state index is -0.383. The van der Waals surface area contributed by atoms with Crippen molar-refractivity contribution in [3.05, 3.63) is 35.9 Å². The summed E-state index contributed by atoms with van der Waals surface area (Å²) in [6.45, 7) is 0.809. The fraction of sp³-hybridized carbons (Fsp3) is 0.435. The quantitative estimate of drug-likeness (QED) is 0.220. The molecule has 1 aromatic rings. The number of amides is 3. The second kappa shape index (κ2) is 13.2. The summed E-state index contributed by atoms with van der Waals surface area (Å²) in [5.74, 6) is 0.317. The molecule has 174 valence electrons. The van der Waals surface area contributed by atoms with Crippen LogP contribution in [0.3, 0.4) is 0 Å². The maximum Gasteiger partial charge on any atom is 0.253 e. The van der Waals surface area contributed by atoms with Gasteiger partial charge in [0.05, 0.1) is 20.8 Å². The molecule has 1 aliphatic rings. The van der Waals surface area contributed by atoms with Gasteiger partial charge in [-0.25, -0.2) is 5.48 Å². The van der Waals surface area contributed by atoms with E-state index in [1.165, 1.54) is 31.3 Å². The van der Waals surface area contributed by atoms with E-state index < -0.39 is 0 Å². The third-order valence-corrected chi connectivity index (χ3v) is 4.88. The number of carbonyl (C=O) groups excluding carboxylic acids is 3. The van der Waals surface area contributed by atoms with Crippen LogP contribution in [0.1, 0.15) is 44.1 Å². The average molecular weight is 447 g/mol. The van der Waals surface area contributed by atoms with E-state index in [9.17, 15) is 14.4 Å². The molecule has 0 saturated heterocycles. The van der Waals surface area contributed by atoms with Crippen LogP contribution in [-0.4, -0.2) is 55.2 Å². The van der Waals surface area contributed by atoms with Crippen molar-refractivity contribution >= 4 is 23.8 Å². The highest BCUT2D eigenvalue weighted by atomic mass is 16.5. The Morgan fingerprint density at radius 3 is 2.44 bits per heavy atom. The number of hydrogen-bond donors (Lipinski definition) is 2. The molecule has 9 nitrogen and oxygen atoms in total. The average Bonchev–Trinajstić information content (AvgIpc) is 2.81. The highest BCUT2D eigenvalue weighted by Crippen LogP contribution is 2.39. The van der Waals surface area contributed by atoms with E-state index in [2.05, 4.69) is 0 Å². The highest BCUT2D eigenvalue weighted by molar-refractivity contribution is 6.06. The van der Waals surface area contributed by atoms with E-state index in [1.807, 2.05) is 0 Å². The second-order valence-corrected chi connectivity index (χ2v) is 7.15. The van der Waals surface area contributed by atoms with Crippen molar-refractivity contribution in [2.45, 2.75) is 38.5 Å². The Hall–Kier alpha value is -3.33. The largest absolute Gasteiger partial charge is 0.493 e. The van der Waals surface area contributed by atoms with Gasteiger partial charge in [-0.1, -0.05) is 18.9 Å². The number of nitrogens with zero attached hydrogens (tertiary/aromatic N) is 1. The molecule has 0 saturated carbocycles. The molecule has 1 heterocycles. The third kappa shape index (κ3) is 7.42. The lowest BCUT2D eigenvalue weighted by molar-refractivity contribution is -0.139. The predicted octanol–water partition coefficient (Wildman–Crippen LogP) is 2.87. The van der Waals surface area contributed by atoms with Crippen LogP contribution in [0, 0.1) is 0 Å². The van der Waals surface area contributed by atoms with E-state index >= 15 is 0 Å². The number of benzene rings is 1. The third-order valence-electron chi connectivity index (χ3n) is 4.88. The second-order valence-electron chi connectivity index (χ2n) is 7.15. The van der Waals surface area contributed by atoms with Crippen molar-refractivity contribution in [1.29, 1.82) is 0 Å². The minimum Gasteiger partial charge on any atom is -0.493 e. The van der Waals surface area contributed by atoms with Crippen LogP contribution in [0.4, 0.5) is 0 Å². The van der Waals surface area contributed by atoms with Crippen molar-refractivity contribution in [3.8, 4) is 17.2 Å². The van der Waals surface area contributed by atoms with Gasteiger partial charge in [0, 0.05) is 19.0 Å². The maximum absolute atomic E-state index is 12.3. The van der Waals surface area contributed by atoms with Crippen LogP contribution in [0.5, 0.6) is 17.2 Å². The zero-order valence-electron chi connectivity index (χ0n) is 18.5. The number of rotatable bonds is 12. The van der Waals surface area contributed by atoms with Crippen LogP contribution in [-0.2, 0) is 14.4 Å². The number of unbranched alkanes of at least 4 members (excludes halogenated alkanes) is 3. The van der Waals surface area contributed by atoms with Gasteiger partial charge in [0.2, 0.25) is 11.7 Å². The van der Waals surface area contributed by atoms with E-state index in [0.29, 0.717) is 55.2 Å². The topological polar surface area (TPSA) is 114 Å². The molecular weight excluding hydrogens is 416 g/mol. The van der Waals surface area contributed by atoms with E-state index in [-0.39, 0.29) is 17.7 Å². The predicted molar refractivity (Wildman–Crippen MR) is 118 cm³/mol. The van der Waals surface area contributed by atoms with Crippen LogP contribution in [0.2, 0.25) is 0 Å². The summed E-state index contributed by atoms with van der Waals surface area (Å²) in [6, 6.07) is 3.46. The Labute approximate surface area is 187 Å². The Kier molecular flexibility index (Phi) is 10.3. The van der Waals surface area contributed by atoms with Crippen molar-refractivity contribution in [2.24, 2.45) is 0 Å². The van der Waals surface area contributed by atoms with E-state index in [4.69, 9.17) is 19.4 Å². The van der Waals surface area contributed by atoms with Gasteiger partial charge in [-0.3, -0.25) is 24.5 Å². The van der Waals surface area contributed by atoms with Gasteiger partial charge in [0.1, 0.15) is 0 Å². The van der Waals surface area contributed by atoms with Crippen molar-refractivity contribution in [3.63, 3.8) is 0 Å². The first-order chi connectivity index (χ1) is 15.5. The number of nitrogens with one attached hydrogen (secondary N) is 1. The molecule has 2 rings (SSSR count). The Bertz CT molecular complexity index is 839. The van der Waals surface area contributed by atoms with E-state index in [0.717, 1.165) is 19.3 Å². The molecule has 0 fully saturated rings. The number of methoxy groups -OCH3 is 2. The number of carbonyl (C=O) groups is 3. The van der Waals surface area contributed by atoms with Gasteiger partial charge in [-0.2, -0.15) is 0 Å². The number of hydrogen-bond acceptors (Lipinski definition) is 7. The van der Waals surface area contributed by atoms with E-state index in [1.54, 1.807) is 29.8 Å². The van der Waals surface area contributed by atoms with Gasteiger partial charge in [-0.15, -0.1) is 0 Å². The molecule has 9 heteroatoms. The molecule has 0 unspecified atom stereocenters. The zero-order chi connectivity index (χ0) is 23.3. The monoisotopic (exact) mass is 446 g/mol. The number of ether oxygens (including phenoxy) is 3. The summed E-state index contributed by atoms with van der Waals surface area (Å²) in [5, 5.41) is 8.47. The first-order valence-corrected chi connectivity index (χ1v) is 10.5. The fourth-order valence-electron chi connectivity index (χ4n) is 3.17. The molecular formula is C23H30N2O7. The van der Waals surface area contributed by atoms with Crippen LogP contribution in [0.25, 0.3) is 6.08 Å². The summed E-state index contributed by atoms with van der Waals surface area (Å²) in [7, 11) is 3.04. The van der Waals surface area contributed by atoms with Crippen LogP contribution in [0.15, 0.2) is 30.4 Å². The lowest BCUT2D eigenvalue weighted by Gasteiger charge is -2.19. The number of imide groups is 1. The maximum atomic E-state index is 12.3.